The summed E-state index contributed by atoms with van der Waals surface area (Å²) in [4.78, 5) is 0. The first-order chi connectivity index (χ1) is 5.66. The fourth-order valence-electron chi connectivity index (χ4n) is 1.07. The minimum absolute atomic E-state index is 0.593. The zero-order valence-corrected chi connectivity index (χ0v) is 6.91. The van der Waals surface area contributed by atoms with Crippen molar-refractivity contribution in [1.29, 1.82) is 0 Å². The van der Waals surface area contributed by atoms with Crippen LogP contribution in [0.4, 0.5) is 17.1 Å². The van der Waals surface area contributed by atoms with Crippen LogP contribution in [-0.4, -0.2) is 7.05 Å². The molecule has 12 heavy (non-hydrogen) atoms. The van der Waals surface area contributed by atoms with Crippen molar-refractivity contribution >= 4 is 17.1 Å². The molecule has 0 amide bonds. The first-order valence-corrected chi connectivity index (χ1v) is 3.50. The van der Waals surface area contributed by atoms with Crippen LogP contribution in [0.5, 0.6) is 0 Å². The molecule has 1 aromatic rings. The molecule has 0 aliphatic heterocycles. The highest BCUT2D eigenvalue weighted by atomic mass is 15.4. The van der Waals surface area contributed by atoms with Crippen molar-refractivity contribution in [3.05, 3.63) is 18.2 Å². The van der Waals surface area contributed by atoms with Gasteiger partial charge in [-0.3, -0.25) is 5.84 Å². The summed E-state index contributed by atoms with van der Waals surface area (Å²) in [5, 5.41) is 1.42. The Morgan fingerprint density at radius 3 is 2.50 bits per heavy atom. The molecule has 0 bridgehead atoms. The Kier molecular flexibility index (Phi) is 2.37. The second-order valence-electron chi connectivity index (χ2n) is 2.50. The molecule has 0 saturated carbocycles. The van der Waals surface area contributed by atoms with Gasteiger partial charge in [-0.25, -0.2) is 5.84 Å². The molecule has 0 radical (unpaired) electrons. The summed E-state index contributed by atoms with van der Waals surface area (Å²) in [6, 6.07) is 5.37. The molecule has 5 nitrogen and oxygen atoms in total. The molecule has 0 saturated heterocycles. The van der Waals surface area contributed by atoms with Gasteiger partial charge in [0.15, 0.2) is 0 Å². The van der Waals surface area contributed by atoms with Gasteiger partial charge in [-0.15, -0.1) is 0 Å². The Morgan fingerprint density at radius 2 is 2.08 bits per heavy atom. The van der Waals surface area contributed by atoms with Crippen molar-refractivity contribution in [2.45, 2.75) is 0 Å². The molecule has 66 valence electrons. The topological polar surface area (TPSA) is 93.3 Å². The number of benzene rings is 1. The van der Waals surface area contributed by atoms with E-state index < -0.39 is 0 Å². The van der Waals surface area contributed by atoms with Gasteiger partial charge in [0.2, 0.25) is 0 Å². The van der Waals surface area contributed by atoms with E-state index in [-0.39, 0.29) is 0 Å². The molecule has 0 aliphatic carbocycles. The predicted octanol–water partition coefficient (Wildman–Crippen LogP) is -0.136. The zero-order valence-electron chi connectivity index (χ0n) is 6.91. The van der Waals surface area contributed by atoms with E-state index in [4.69, 9.17) is 17.4 Å². The Bertz CT molecular complexity index is 270. The van der Waals surface area contributed by atoms with E-state index in [0.29, 0.717) is 17.1 Å². The lowest BCUT2D eigenvalue weighted by atomic mass is 10.2. The molecule has 7 N–H and O–H groups in total. The van der Waals surface area contributed by atoms with Crippen molar-refractivity contribution in [2.75, 3.05) is 23.2 Å². The second kappa shape index (κ2) is 3.29. The van der Waals surface area contributed by atoms with E-state index in [0.717, 1.165) is 0 Å². The number of hydrazine groups is 2. The van der Waals surface area contributed by atoms with E-state index in [2.05, 4.69) is 5.43 Å². The van der Waals surface area contributed by atoms with Crippen LogP contribution in [0.1, 0.15) is 0 Å². The monoisotopic (exact) mass is 167 g/mol. The Balaban J connectivity index is 3.20. The van der Waals surface area contributed by atoms with Crippen LogP contribution in [0, 0.1) is 0 Å². The van der Waals surface area contributed by atoms with E-state index in [1.165, 1.54) is 5.01 Å². The maximum absolute atomic E-state index is 5.68. The molecule has 0 aromatic heterocycles. The van der Waals surface area contributed by atoms with Gasteiger partial charge in [0.05, 0.1) is 17.1 Å². The Labute approximate surface area is 71.1 Å². The van der Waals surface area contributed by atoms with Crippen LogP contribution in [0.25, 0.3) is 0 Å². The van der Waals surface area contributed by atoms with Gasteiger partial charge in [0.25, 0.3) is 0 Å². The first kappa shape index (κ1) is 8.63. The maximum atomic E-state index is 5.68. The summed E-state index contributed by atoms with van der Waals surface area (Å²) in [6.45, 7) is 0. The predicted molar refractivity (Wildman–Crippen MR) is 51.3 cm³/mol. The highest BCUT2D eigenvalue weighted by Crippen LogP contribution is 2.28. The van der Waals surface area contributed by atoms with Gasteiger partial charge in [-0.05, 0) is 12.1 Å². The number of nitrogen functional groups attached to an aromatic ring is 2. The van der Waals surface area contributed by atoms with E-state index in [1.807, 2.05) is 0 Å². The summed E-state index contributed by atoms with van der Waals surface area (Å²) in [5.74, 6) is 10.8. The lowest BCUT2D eigenvalue weighted by molar-refractivity contribution is 1.02. The summed E-state index contributed by atoms with van der Waals surface area (Å²) < 4.78 is 0. The average Bonchev–Trinajstić information content (AvgIpc) is 2.03. The van der Waals surface area contributed by atoms with Crippen molar-refractivity contribution < 1.29 is 0 Å². The van der Waals surface area contributed by atoms with Gasteiger partial charge in [-0.1, -0.05) is 6.07 Å². The lowest BCUT2D eigenvalue weighted by Crippen LogP contribution is -2.27. The van der Waals surface area contributed by atoms with E-state index in [1.54, 1.807) is 25.2 Å². The number of hydrogen-bond donors (Lipinski definition) is 4. The standard InChI is InChI=1S/C7H13N5/c1-12(10)7-5(8)3-2-4-6(7)11-9/h2-4,11H,8-10H2,1H3. The van der Waals surface area contributed by atoms with Crippen LogP contribution in [0.2, 0.25) is 0 Å². The third kappa shape index (κ3) is 1.41. The largest absolute Gasteiger partial charge is 0.397 e. The number of para-hydroxylation sites is 1. The van der Waals surface area contributed by atoms with Gasteiger partial charge in [0, 0.05) is 7.05 Å². The number of anilines is 3. The van der Waals surface area contributed by atoms with Crippen LogP contribution >= 0.6 is 0 Å². The third-order valence-electron chi connectivity index (χ3n) is 1.58. The Hall–Kier alpha value is -1.46. The van der Waals surface area contributed by atoms with Crippen LogP contribution in [-0.2, 0) is 0 Å². The van der Waals surface area contributed by atoms with Gasteiger partial charge in [-0.2, -0.15) is 0 Å². The fraction of sp³-hybridized carbons (Fsp3) is 0.143. The molecule has 0 fully saturated rings. The number of nitrogens with one attached hydrogen (secondary N) is 1. The summed E-state index contributed by atoms with van der Waals surface area (Å²) in [5.41, 5.74) is 10.2. The van der Waals surface area contributed by atoms with E-state index >= 15 is 0 Å². The van der Waals surface area contributed by atoms with Crippen LogP contribution < -0.4 is 27.9 Å². The fourth-order valence-corrected chi connectivity index (χ4v) is 1.07. The van der Waals surface area contributed by atoms with E-state index in [9.17, 15) is 0 Å². The average molecular weight is 167 g/mol. The normalized spacial score (nSPS) is 9.58. The van der Waals surface area contributed by atoms with Crippen molar-refractivity contribution in [1.82, 2.24) is 0 Å². The molecule has 0 spiro atoms. The van der Waals surface area contributed by atoms with Crippen LogP contribution in [0.3, 0.4) is 0 Å². The van der Waals surface area contributed by atoms with Crippen molar-refractivity contribution in [3.63, 3.8) is 0 Å². The zero-order chi connectivity index (χ0) is 9.14. The maximum Gasteiger partial charge on any atom is 0.0990 e. The smallest absolute Gasteiger partial charge is 0.0990 e. The molecule has 1 aromatic carbocycles. The van der Waals surface area contributed by atoms with Crippen LogP contribution in [0.15, 0.2) is 18.2 Å². The van der Waals surface area contributed by atoms with Gasteiger partial charge < -0.3 is 16.2 Å². The summed E-state index contributed by atoms with van der Waals surface area (Å²) in [6.07, 6.45) is 0. The molecular formula is C7H13N5. The van der Waals surface area contributed by atoms with Crippen molar-refractivity contribution in [2.24, 2.45) is 11.7 Å². The number of nitrogens with two attached hydrogens (primary N) is 3. The SMILES string of the molecule is CN(N)c1c(N)cccc1NN. The number of hydrogen-bond acceptors (Lipinski definition) is 5. The molecular weight excluding hydrogens is 154 g/mol. The number of rotatable bonds is 2. The molecule has 0 unspecified atom stereocenters. The third-order valence-corrected chi connectivity index (χ3v) is 1.58. The Morgan fingerprint density at radius 1 is 1.42 bits per heavy atom. The van der Waals surface area contributed by atoms with Gasteiger partial charge >= 0.3 is 0 Å². The minimum Gasteiger partial charge on any atom is -0.397 e. The summed E-state index contributed by atoms with van der Waals surface area (Å²) in [7, 11) is 1.70. The molecule has 0 aliphatic rings. The minimum atomic E-state index is 0.593. The quantitative estimate of drug-likeness (QED) is 0.279. The summed E-state index contributed by atoms with van der Waals surface area (Å²) >= 11 is 0. The molecule has 0 heterocycles. The molecule has 0 atom stereocenters. The van der Waals surface area contributed by atoms with Crippen molar-refractivity contribution in [3.8, 4) is 0 Å². The highest BCUT2D eigenvalue weighted by molar-refractivity contribution is 5.81. The molecule has 1 rings (SSSR count). The lowest BCUT2D eigenvalue weighted by Gasteiger charge is -2.18. The highest BCUT2D eigenvalue weighted by Gasteiger charge is 2.06. The van der Waals surface area contributed by atoms with Gasteiger partial charge in [0.1, 0.15) is 0 Å². The number of nitrogens with zero attached hydrogens (tertiary/aromatic N) is 1. The first-order valence-electron chi connectivity index (χ1n) is 3.50. The second-order valence-corrected chi connectivity index (χ2v) is 2.50. The molecule has 5 heteroatoms.